The minimum absolute atomic E-state index is 0.204. The molecule has 0 aliphatic rings. The highest BCUT2D eigenvalue weighted by Gasteiger charge is 2.22. The number of aromatic amines is 2. The molecule has 0 aromatic carbocycles. The van der Waals surface area contributed by atoms with Crippen LogP contribution in [-0.4, -0.2) is 30.1 Å². The second kappa shape index (κ2) is 8.15. The van der Waals surface area contributed by atoms with Gasteiger partial charge in [-0.1, -0.05) is 0 Å². The van der Waals surface area contributed by atoms with Crippen LogP contribution in [0.3, 0.4) is 0 Å². The van der Waals surface area contributed by atoms with Gasteiger partial charge in [0.25, 0.3) is 11.1 Å². The summed E-state index contributed by atoms with van der Waals surface area (Å²) in [7, 11) is -3.08. The van der Waals surface area contributed by atoms with Crippen LogP contribution in [0.15, 0.2) is 31.6 Å². The molecule has 0 saturated carbocycles. The van der Waals surface area contributed by atoms with Crippen LogP contribution in [0.2, 0.25) is 0 Å². The monoisotopic (exact) mass is 387 g/mol. The first-order chi connectivity index (χ1) is 12.2. The molecule has 26 heavy (non-hydrogen) atoms. The molecule has 0 amide bonds. The number of aromatic nitrogens is 4. The molecule has 13 heteroatoms. The molecule has 0 aliphatic heterocycles. The van der Waals surface area contributed by atoms with Gasteiger partial charge in [-0.05, 0) is 13.8 Å². The Balaban J connectivity index is 2.33. The maximum absolute atomic E-state index is 11.9. The van der Waals surface area contributed by atoms with Gasteiger partial charge in [0.2, 0.25) is 0 Å². The number of H-pyrrole nitrogens is 2. The lowest BCUT2D eigenvalue weighted by Gasteiger charge is -2.16. The molecule has 1 unspecified atom stereocenters. The first-order valence-corrected chi connectivity index (χ1v) is 8.40. The quantitative estimate of drug-likeness (QED) is 0.299. The highest BCUT2D eigenvalue weighted by molar-refractivity contribution is 7.31. The lowest BCUT2D eigenvalue weighted by molar-refractivity contribution is -0.252. The van der Waals surface area contributed by atoms with Gasteiger partial charge in [0.05, 0.1) is 17.8 Å². The fourth-order valence-electron chi connectivity index (χ4n) is 2.16. The summed E-state index contributed by atoms with van der Waals surface area (Å²) in [6.45, 7) is 2.57. The van der Waals surface area contributed by atoms with Crippen LogP contribution in [0, 0.1) is 13.8 Å². The minimum Gasteiger partial charge on any atom is -0.298 e. The summed E-state index contributed by atoms with van der Waals surface area (Å²) in [6.07, 6.45) is 1.49. The third-order valence-electron chi connectivity index (χ3n) is 3.42. The Kier molecular flexibility index (Phi) is 6.16. The van der Waals surface area contributed by atoms with Crippen LogP contribution in [0.1, 0.15) is 11.1 Å². The summed E-state index contributed by atoms with van der Waals surface area (Å²) >= 11 is 0. The van der Waals surface area contributed by atoms with Crippen LogP contribution in [-0.2, 0) is 27.2 Å². The first kappa shape index (κ1) is 19.7. The summed E-state index contributed by atoms with van der Waals surface area (Å²) in [5, 5.41) is 0. The Morgan fingerprint density at radius 2 is 1.42 bits per heavy atom. The van der Waals surface area contributed by atoms with Gasteiger partial charge < -0.3 is 0 Å². The van der Waals surface area contributed by atoms with Gasteiger partial charge in [-0.2, -0.15) is 4.89 Å². The van der Waals surface area contributed by atoms with E-state index in [1.165, 1.54) is 26.2 Å². The van der Waals surface area contributed by atoms with Crippen molar-refractivity contribution in [1.82, 2.24) is 19.1 Å². The maximum atomic E-state index is 11.9. The van der Waals surface area contributed by atoms with Gasteiger partial charge in [-0.15, -0.1) is 4.89 Å². The zero-order chi connectivity index (χ0) is 19.4. The molecule has 3 N–H and O–H groups in total. The van der Waals surface area contributed by atoms with Crippen molar-refractivity contribution in [2.45, 2.75) is 33.0 Å². The predicted octanol–water partition coefficient (Wildman–Crippen LogP) is -1.33. The molecule has 0 fully saturated rings. The SMILES string of the molecule is Cc1cn(CC(Cn2cc(C)c(=O)[nH]c2=O)OO[P+](=O)O)c(=O)[nH]c1=O. The van der Waals surface area contributed by atoms with Gasteiger partial charge >= 0.3 is 19.6 Å². The Morgan fingerprint density at radius 3 is 1.81 bits per heavy atom. The molecule has 140 valence electrons. The summed E-state index contributed by atoms with van der Waals surface area (Å²) < 4.78 is 17.1. The third kappa shape index (κ3) is 4.92. The first-order valence-electron chi connectivity index (χ1n) is 7.27. The van der Waals surface area contributed by atoms with Crippen LogP contribution < -0.4 is 22.5 Å². The van der Waals surface area contributed by atoms with Gasteiger partial charge in [0.1, 0.15) is 6.10 Å². The van der Waals surface area contributed by atoms with E-state index in [1.54, 1.807) is 0 Å². The molecule has 2 aromatic heterocycles. The van der Waals surface area contributed by atoms with E-state index in [2.05, 4.69) is 14.6 Å². The minimum atomic E-state index is -3.08. The van der Waals surface area contributed by atoms with E-state index in [4.69, 9.17) is 9.78 Å². The molecule has 0 aliphatic carbocycles. The Labute approximate surface area is 145 Å². The third-order valence-corrected chi connectivity index (χ3v) is 3.64. The lowest BCUT2D eigenvalue weighted by Crippen LogP contribution is -2.39. The Morgan fingerprint density at radius 1 is 1.00 bits per heavy atom. The second-order valence-electron chi connectivity index (χ2n) is 5.48. The molecule has 2 aromatic rings. The van der Waals surface area contributed by atoms with Crippen molar-refractivity contribution in [3.8, 4) is 0 Å². The number of rotatable bonds is 7. The van der Waals surface area contributed by atoms with Crippen molar-refractivity contribution in [3.05, 3.63) is 65.2 Å². The van der Waals surface area contributed by atoms with Gasteiger partial charge in [0.15, 0.2) is 0 Å². The maximum Gasteiger partial charge on any atom is 0.725 e. The highest BCUT2D eigenvalue weighted by Crippen LogP contribution is 2.17. The molecule has 1 atom stereocenters. The largest absolute Gasteiger partial charge is 0.725 e. The normalized spacial score (nSPS) is 11.8. The van der Waals surface area contributed by atoms with Crippen molar-refractivity contribution in [2.24, 2.45) is 0 Å². The summed E-state index contributed by atoms with van der Waals surface area (Å²) in [5.74, 6) is 0. The molecule has 0 saturated heterocycles. The van der Waals surface area contributed by atoms with Crippen molar-refractivity contribution < 1.29 is 19.0 Å². The zero-order valence-corrected chi connectivity index (χ0v) is 14.7. The number of hydrogen-bond donors (Lipinski definition) is 3. The van der Waals surface area contributed by atoms with E-state index in [9.17, 15) is 23.7 Å². The van der Waals surface area contributed by atoms with Crippen LogP contribution in [0.25, 0.3) is 0 Å². The van der Waals surface area contributed by atoms with Gasteiger partial charge in [0, 0.05) is 28.1 Å². The van der Waals surface area contributed by atoms with Crippen molar-refractivity contribution in [3.63, 3.8) is 0 Å². The van der Waals surface area contributed by atoms with Crippen LogP contribution >= 0.6 is 8.25 Å². The summed E-state index contributed by atoms with van der Waals surface area (Å²) in [6, 6.07) is 0. The Hall–Kier alpha value is -2.66. The molecule has 0 radical (unpaired) electrons. The number of aryl methyl sites for hydroxylation is 2. The van der Waals surface area contributed by atoms with Crippen molar-refractivity contribution in [2.75, 3.05) is 0 Å². The van der Waals surface area contributed by atoms with Crippen LogP contribution in [0.4, 0.5) is 0 Å². The van der Waals surface area contributed by atoms with Gasteiger partial charge in [-0.3, -0.25) is 28.7 Å². The fourth-order valence-corrected chi connectivity index (χ4v) is 2.36. The zero-order valence-electron chi connectivity index (χ0n) is 13.8. The van der Waals surface area contributed by atoms with E-state index >= 15 is 0 Å². The molecule has 2 heterocycles. The molecular formula is C13H16N4O8P+. The van der Waals surface area contributed by atoms with Crippen LogP contribution in [0.5, 0.6) is 0 Å². The van der Waals surface area contributed by atoms with E-state index < -0.39 is 36.9 Å². The molecular weight excluding hydrogens is 371 g/mol. The average Bonchev–Trinajstić information content (AvgIpc) is 2.55. The highest BCUT2D eigenvalue weighted by atomic mass is 31.1. The van der Waals surface area contributed by atoms with Crippen molar-refractivity contribution >= 4 is 8.25 Å². The van der Waals surface area contributed by atoms with Crippen molar-refractivity contribution in [1.29, 1.82) is 0 Å². The summed E-state index contributed by atoms with van der Waals surface area (Å²) in [5.41, 5.74) is -2.04. The summed E-state index contributed by atoms with van der Waals surface area (Å²) in [4.78, 5) is 64.3. The topological polar surface area (TPSA) is 165 Å². The molecule has 12 nitrogen and oxygen atoms in total. The van der Waals surface area contributed by atoms with E-state index in [-0.39, 0.29) is 24.2 Å². The number of hydrogen-bond acceptors (Lipinski definition) is 7. The van der Waals surface area contributed by atoms with E-state index in [1.807, 2.05) is 0 Å². The molecule has 0 bridgehead atoms. The number of nitrogens with one attached hydrogen (secondary N) is 2. The second-order valence-corrected chi connectivity index (χ2v) is 6.10. The standard InChI is InChI=1S/C13H15N4O8P/c1-7-3-16(12(20)14-10(7)18)5-9(24-25-26(22)23)6-17-4-8(2)11(19)15-13(17)21/h3-4,9H,5-6H2,1-2H3,(H2-,14,15,18,19,20,21,22,23)/p+1. The fraction of sp³-hybridized carbons (Fsp3) is 0.385. The molecule has 0 spiro atoms. The average molecular weight is 387 g/mol. The van der Waals surface area contributed by atoms with E-state index in [0.717, 1.165) is 9.13 Å². The van der Waals surface area contributed by atoms with E-state index in [0.29, 0.717) is 0 Å². The molecule has 2 rings (SSSR count). The van der Waals surface area contributed by atoms with Gasteiger partial charge in [-0.25, -0.2) is 9.59 Å². The smallest absolute Gasteiger partial charge is 0.298 e. The number of nitrogens with zero attached hydrogens (tertiary/aromatic N) is 2. The lowest BCUT2D eigenvalue weighted by atomic mass is 10.3. The predicted molar refractivity (Wildman–Crippen MR) is 87.9 cm³/mol. The Bertz CT molecular complexity index is 974.